The van der Waals surface area contributed by atoms with Crippen LogP contribution >= 0.6 is 15.9 Å². The first-order valence-electron chi connectivity index (χ1n) is 7.21. The maximum atomic E-state index is 5.76. The Hall–Kier alpha value is -1.48. The Morgan fingerprint density at radius 2 is 2.05 bits per heavy atom. The molecular weight excluding hydrogens is 328 g/mol. The molecule has 0 N–H and O–H groups in total. The maximum Gasteiger partial charge on any atom is 0.122 e. The zero-order chi connectivity index (χ0) is 14.8. The highest BCUT2D eigenvalue weighted by atomic mass is 79.9. The molecule has 2 aromatic rings. The minimum atomic E-state index is 0.284. The Bertz CT molecular complexity index is 639. The van der Waals surface area contributed by atoms with Crippen LogP contribution in [0.3, 0.4) is 0 Å². The zero-order valence-corrected chi connectivity index (χ0v) is 13.9. The number of benzene rings is 2. The number of halogens is 1. The van der Waals surface area contributed by atoms with E-state index in [0.717, 1.165) is 24.5 Å². The van der Waals surface area contributed by atoms with Gasteiger partial charge in [0.2, 0.25) is 0 Å². The lowest BCUT2D eigenvalue weighted by Gasteiger charge is -2.30. The predicted octanol–water partition coefficient (Wildman–Crippen LogP) is 5.01. The van der Waals surface area contributed by atoms with Crippen LogP contribution in [0.15, 0.2) is 42.5 Å². The van der Waals surface area contributed by atoms with Gasteiger partial charge in [-0.25, -0.2) is 0 Å². The van der Waals surface area contributed by atoms with Gasteiger partial charge in [-0.1, -0.05) is 46.3 Å². The Morgan fingerprint density at radius 3 is 2.81 bits per heavy atom. The Morgan fingerprint density at radius 1 is 1.24 bits per heavy atom. The van der Waals surface area contributed by atoms with Crippen LogP contribution in [-0.4, -0.2) is 13.7 Å². The van der Waals surface area contributed by atoms with E-state index < -0.39 is 0 Å². The summed E-state index contributed by atoms with van der Waals surface area (Å²) in [6.07, 6.45) is 1.03. The summed E-state index contributed by atoms with van der Waals surface area (Å²) >= 11 is 3.90. The molecule has 0 saturated carbocycles. The molecule has 1 heterocycles. The topological polar surface area (TPSA) is 18.5 Å². The van der Waals surface area contributed by atoms with E-state index in [-0.39, 0.29) is 4.83 Å². The number of alkyl halides is 1. The minimum Gasteiger partial charge on any atom is -0.496 e. The molecule has 1 aliphatic rings. The fourth-order valence-electron chi connectivity index (χ4n) is 2.98. The molecule has 1 aliphatic heterocycles. The van der Waals surface area contributed by atoms with Crippen LogP contribution < -0.4 is 9.47 Å². The third kappa shape index (κ3) is 2.80. The van der Waals surface area contributed by atoms with E-state index in [4.69, 9.17) is 9.47 Å². The van der Waals surface area contributed by atoms with Crippen molar-refractivity contribution in [2.75, 3.05) is 13.7 Å². The lowest BCUT2D eigenvalue weighted by molar-refractivity contribution is 0.266. The van der Waals surface area contributed by atoms with Gasteiger partial charge < -0.3 is 9.47 Å². The SMILES string of the molecule is COc1ccc(C(Br)C2CCOc3ccccc32)cc1C. The zero-order valence-electron chi connectivity index (χ0n) is 12.3. The number of para-hydroxylation sites is 1. The lowest BCUT2D eigenvalue weighted by atomic mass is 9.87. The van der Waals surface area contributed by atoms with Crippen molar-refractivity contribution < 1.29 is 9.47 Å². The molecule has 0 saturated heterocycles. The van der Waals surface area contributed by atoms with Crippen molar-refractivity contribution in [3.8, 4) is 11.5 Å². The molecular formula is C18H19BrO2. The van der Waals surface area contributed by atoms with Crippen LogP contribution in [0.2, 0.25) is 0 Å². The normalized spacial score (nSPS) is 18.5. The number of methoxy groups -OCH3 is 1. The molecule has 3 rings (SSSR count). The first kappa shape index (κ1) is 14.5. The largest absolute Gasteiger partial charge is 0.496 e. The van der Waals surface area contributed by atoms with Crippen molar-refractivity contribution in [2.24, 2.45) is 0 Å². The van der Waals surface area contributed by atoms with Gasteiger partial charge in [0.25, 0.3) is 0 Å². The molecule has 0 radical (unpaired) electrons. The molecule has 2 nitrogen and oxygen atoms in total. The third-order valence-electron chi connectivity index (χ3n) is 4.10. The number of fused-ring (bicyclic) bond motifs is 1. The Balaban J connectivity index is 1.92. The smallest absolute Gasteiger partial charge is 0.122 e. The first-order chi connectivity index (χ1) is 10.2. The molecule has 0 aliphatic carbocycles. The summed E-state index contributed by atoms with van der Waals surface area (Å²) in [5, 5.41) is 0. The van der Waals surface area contributed by atoms with E-state index >= 15 is 0 Å². The van der Waals surface area contributed by atoms with E-state index in [2.05, 4.69) is 53.2 Å². The van der Waals surface area contributed by atoms with Crippen LogP contribution in [0, 0.1) is 6.92 Å². The number of ether oxygens (including phenoxy) is 2. The first-order valence-corrected chi connectivity index (χ1v) is 8.12. The van der Waals surface area contributed by atoms with E-state index in [1.165, 1.54) is 16.7 Å². The average Bonchev–Trinajstić information content (AvgIpc) is 2.53. The maximum absolute atomic E-state index is 5.76. The summed E-state index contributed by atoms with van der Waals surface area (Å²) in [6.45, 7) is 2.86. The van der Waals surface area contributed by atoms with Crippen LogP contribution in [0.4, 0.5) is 0 Å². The summed E-state index contributed by atoms with van der Waals surface area (Å²) < 4.78 is 11.1. The third-order valence-corrected chi connectivity index (χ3v) is 5.26. The predicted molar refractivity (Wildman–Crippen MR) is 88.7 cm³/mol. The van der Waals surface area contributed by atoms with Gasteiger partial charge >= 0.3 is 0 Å². The van der Waals surface area contributed by atoms with E-state index in [1.807, 2.05) is 12.1 Å². The lowest BCUT2D eigenvalue weighted by Crippen LogP contribution is -2.17. The second kappa shape index (κ2) is 6.10. The van der Waals surface area contributed by atoms with Gasteiger partial charge in [0.15, 0.2) is 0 Å². The van der Waals surface area contributed by atoms with Crippen molar-refractivity contribution >= 4 is 15.9 Å². The second-order valence-corrected chi connectivity index (χ2v) is 6.40. The highest BCUT2D eigenvalue weighted by Gasteiger charge is 2.28. The van der Waals surface area contributed by atoms with Crippen molar-refractivity contribution in [3.63, 3.8) is 0 Å². The number of hydrogen-bond donors (Lipinski definition) is 0. The fraction of sp³-hybridized carbons (Fsp3) is 0.333. The highest BCUT2D eigenvalue weighted by Crippen LogP contribution is 2.46. The molecule has 0 spiro atoms. The molecule has 0 fully saturated rings. The van der Waals surface area contributed by atoms with Crippen molar-refractivity contribution in [3.05, 3.63) is 59.2 Å². The highest BCUT2D eigenvalue weighted by molar-refractivity contribution is 9.09. The molecule has 2 aromatic carbocycles. The molecule has 21 heavy (non-hydrogen) atoms. The Kier molecular flexibility index (Phi) is 4.20. The molecule has 0 amide bonds. The summed E-state index contributed by atoms with van der Waals surface area (Å²) in [4.78, 5) is 0.284. The van der Waals surface area contributed by atoms with E-state index in [1.54, 1.807) is 7.11 Å². The Labute approximate surface area is 134 Å². The van der Waals surface area contributed by atoms with Crippen LogP contribution in [0.25, 0.3) is 0 Å². The van der Waals surface area contributed by atoms with Gasteiger partial charge in [-0.3, -0.25) is 0 Å². The molecule has 3 heteroatoms. The van der Waals surface area contributed by atoms with Crippen LogP contribution in [0.1, 0.15) is 33.9 Å². The number of rotatable bonds is 3. The summed E-state index contributed by atoms with van der Waals surface area (Å²) in [5.74, 6) is 2.39. The van der Waals surface area contributed by atoms with Gasteiger partial charge in [-0.05, 0) is 42.2 Å². The molecule has 0 aromatic heterocycles. The summed E-state index contributed by atoms with van der Waals surface area (Å²) in [7, 11) is 1.71. The van der Waals surface area contributed by atoms with Gasteiger partial charge in [0.1, 0.15) is 11.5 Å². The van der Waals surface area contributed by atoms with Gasteiger partial charge in [0.05, 0.1) is 13.7 Å². The molecule has 110 valence electrons. The van der Waals surface area contributed by atoms with Crippen molar-refractivity contribution in [1.82, 2.24) is 0 Å². The van der Waals surface area contributed by atoms with Gasteiger partial charge in [0, 0.05) is 10.7 Å². The second-order valence-electron chi connectivity index (χ2n) is 5.41. The number of hydrogen-bond acceptors (Lipinski definition) is 2. The standard InChI is InChI=1S/C18H19BrO2/c1-12-11-13(7-8-16(12)20-2)18(19)15-9-10-21-17-6-4-3-5-14(15)17/h3-8,11,15,18H,9-10H2,1-2H3. The van der Waals surface area contributed by atoms with Crippen LogP contribution in [0.5, 0.6) is 11.5 Å². The van der Waals surface area contributed by atoms with Crippen molar-refractivity contribution in [2.45, 2.75) is 24.1 Å². The van der Waals surface area contributed by atoms with Crippen LogP contribution in [-0.2, 0) is 0 Å². The molecule has 2 unspecified atom stereocenters. The summed E-state index contributed by atoms with van der Waals surface area (Å²) in [5.41, 5.74) is 3.74. The monoisotopic (exact) mass is 346 g/mol. The van der Waals surface area contributed by atoms with Gasteiger partial charge in [-0.2, -0.15) is 0 Å². The fourth-order valence-corrected chi connectivity index (χ4v) is 3.81. The van der Waals surface area contributed by atoms with Crippen molar-refractivity contribution in [1.29, 1.82) is 0 Å². The van der Waals surface area contributed by atoms with E-state index in [9.17, 15) is 0 Å². The summed E-state index contributed by atoms with van der Waals surface area (Å²) in [6, 6.07) is 14.7. The quantitative estimate of drug-likeness (QED) is 0.727. The number of aryl methyl sites for hydroxylation is 1. The van der Waals surface area contributed by atoms with Gasteiger partial charge in [-0.15, -0.1) is 0 Å². The average molecular weight is 347 g/mol. The van der Waals surface area contributed by atoms with E-state index in [0.29, 0.717) is 5.92 Å². The molecule has 0 bridgehead atoms. The minimum absolute atomic E-state index is 0.284. The molecule has 2 atom stereocenters.